The zero-order valence-corrected chi connectivity index (χ0v) is 15.1. The number of amides is 1. The van der Waals surface area contributed by atoms with Gasteiger partial charge in [0, 0.05) is 12.1 Å². The number of aliphatic imine (C=N–C) groups is 1. The first-order chi connectivity index (χ1) is 11.7. The van der Waals surface area contributed by atoms with Crippen molar-refractivity contribution in [2.24, 2.45) is 10.9 Å². The molecule has 2 rings (SSSR count). The van der Waals surface area contributed by atoms with Gasteiger partial charge in [-0.05, 0) is 25.0 Å². The molecule has 0 unspecified atom stereocenters. The minimum atomic E-state index is -3.65. The fourth-order valence-corrected chi connectivity index (χ4v) is 3.38. The lowest BCUT2D eigenvalue weighted by Crippen LogP contribution is -2.38. The number of amidine groups is 1. The highest BCUT2D eigenvalue weighted by atomic mass is 32.2. The molecule has 0 spiro atoms. The number of fused-ring (bicyclic) bond motifs is 1. The van der Waals surface area contributed by atoms with Gasteiger partial charge in [0.25, 0.3) is 15.9 Å². The van der Waals surface area contributed by atoms with E-state index < -0.39 is 28.6 Å². The Morgan fingerprint density at radius 3 is 2.60 bits per heavy atom. The normalized spacial score (nSPS) is 17.7. The lowest BCUT2D eigenvalue weighted by molar-refractivity contribution is -0.153. The molecule has 1 aromatic carbocycles. The van der Waals surface area contributed by atoms with Gasteiger partial charge in [0.1, 0.15) is 12.4 Å². The number of esters is 1. The molecule has 0 bridgehead atoms. The second-order valence-electron chi connectivity index (χ2n) is 6.04. The molecule has 136 valence electrons. The second kappa shape index (κ2) is 7.64. The Hall–Kier alpha value is -2.42. The molecule has 2 N–H and O–H groups in total. The maximum absolute atomic E-state index is 11.9. The van der Waals surface area contributed by atoms with Gasteiger partial charge in [0.05, 0.1) is 4.90 Å². The third-order valence-electron chi connectivity index (χ3n) is 3.39. The monoisotopic (exact) mass is 367 g/mol. The van der Waals surface area contributed by atoms with E-state index in [9.17, 15) is 18.0 Å². The Bertz CT molecular complexity index is 802. The molecule has 1 aliphatic rings. The summed E-state index contributed by atoms with van der Waals surface area (Å²) in [6.45, 7) is 5.46. The van der Waals surface area contributed by atoms with E-state index in [2.05, 4.69) is 15.0 Å². The molecule has 9 heteroatoms. The van der Waals surface area contributed by atoms with Crippen LogP contribution in [0.1, 0.15) is 26.3 Å². The lowest BCUT2D eigenvalue weighted by Gasteiger charge is -2.14. The van der Waals surface area contributed by atoms with Gasteiger partial charge in [-0.2, -0.15) is 0 Å². The maximum atomic E-state index is 11.9. The van der Waals surface area contributed by atoms with Gasteiger partial charge >= 0.3 is 5.97 Å². The molecule has 0 saturated heterocycles. The molecule has 25 heavy (non-hydrogen) atoms. The van der Waals surface area contributed by atoms with Crippen LogP contribution in [0.25, 0.3) is 0 Å². The Morgan fingerprint density at radius 2 is 1.92 bits per heavy atom. The Balaban J connectivity index is 1.96. The van der Waals surface area contributed by atoms with Gasteiger partial charge in [-0.3, -0.25) is 19.3 Å². The molecule has 1 amide bonds. The van der Waals surface area contributed by atoms with Crippen LogP contribution in [0.15, 0.2) is 34.2 Å². The van der Waals surface area contributed by atoms with Gasteiger partial charge in [0.15, 0.2) is 6.10 Å². The first-order valence-electron chi connectivity index (χ1n) is 7.84. The maximum Gasteiger partial charge on any atom is 0.328 e. The fraction of sp³-hybridized carbons (Fsp3) is 0.438. The van der Waals surface area contributed by atoms with Gasteiger partial charge in [-0.15, -0.1) is 0 Å². The van der Waals surface area contributed by atoms with E-state index in [-0.39, 0.29) is 22.6 Å². The molecule has 1 atom stereocenters. The van der Waals surface area contributed by atoms with Crippen molar-refractivity contribution >= 4 is 27.7 Å². The smallest absolute Gasteiger partial charge is 0.328 e. The van der Waals surface area contributed by atoms with Gasteiger partial charge < -0.3 is 10.1 Å². The Morgan fingerprint density at radius 1 is 1.24 bits per heavy atom. The molecule has 0 aromatic heterocycles. The van der Waals surface area contributed by atoms with Crippen LogP contribution >= 0.6 is 0 Å². The van der Waals surface area contributed by atoms with E-state index in [0.29, 0.717) is 12.1 Å². The molecule has 0 aliphatic carbocycles. The summed E-state index contributed by atoms with van der Waals surface area (Å²) >= 11 is 0. The zero-order chi connectivity index (χ0) is 18.6. The summed E-state index contributed by atoms with van der Waals surface area (Å²) in [6.07, 6.45) is -0.945. The van der Waals surface area contributed by atoms with Crippen molar-refractivity contribution in [3.63, 3.8) is 0 Å². The van der Waals surface area contributed by atoms with Crippen LogP contribution in [-0.4, -0.2) is 45.3 Å². The molecule has 0 saturated carbocycles. The predicted molar refractivity (Wildman–Crippen MR) is 91.6 cm³/mol. The van der Waals surface area contributed by atoms with Crippen LogP contribution in [-0.2, 0) is 24.3 Å². The molecule has 0 fully saturated rings. The Kier molecular flexibility index (Phi) is 5.78. The van der Waals surface area contributed by atoms with Crippen LogP contribution in [0.2, 0.25) is 0 Å². The first kappa shape index (κ1) is 18.9. The summed E-state index contributed by atoms with van der Waals surface area (Å²) in [5.74, 6) is -0.733. The minimum absolute atomic E-state index is 0.0875. The third kappa shape index (κ3) is 4.79. The molecule has 0 radical (unpaired) electrons. The highest BCUT2D eigenvalue weighted by Gasteiger charge is 2.30. The highest BCUT2D eigenvalue weighted by Crippen LogP contribution is 2.21. The second-order valence-corrected chi connectivity index (χ2v) is 7.69. The van der Waals surface area contributed by atoms with Crippen LogP contribution in [0.5, 0.6) is 0 Å². The molecular formula is C16H21N3O5S. The summed E-state index contributed by atoms with van der Waals surface area (Å²) in [7, 11) is -3.65. The number of sulfonamides is 1. The SMILES string of the molecule is CC(C)CNC(=O)[C@H](C)OC(=O)CN=C1NS(=O)(=O)c2ccccc21. The average Bonchev–Trinajstić information content (AvgIpc) is 2.82. The van der Waals surface area contributed by atoms with Crippen LogP contribution in [0.3, 0.4) is 0 Å². The number of nitrogens with one attached hydrogen (secondary N) is 2. The summed E-state index contributed by atoms with van der Waals surface area (Å²) in [5, 5.41) is 2.66. The van der Waals surface area contributed by atoms with Gasteiger partial charge in [-0.25, -0.2) is 8.42 Å². The summed E-state index contributed by atoms with van der Waals surface area (Å²) < 4.78 is 31.2. The summed E-state index contributed by atoms with van der Waals surface area (Å²) in [5.41, 5.74) is 0.401. The van der Waals surface area contributed by atoms with Crippen molar-refractivity contribution in [2.45, 2.75) is 31.8 Å². The van der Waals surface area contributed by atoms with E-state index in [1.165, 1.54) is 13.0 Å². The topological polar surface area (TPSA) is 114 Å². The van der Waals surface area contributed by atoms with Crippen molar-refractivity contribution < 1.29 is 22.7 Å². The molecule has 1 heterocycles. The Labute approximate surface area is 146 Å². The van der Waals surface area contributed by atoms with Crippen molar-refractivity contribution in [1.82, 2.24) is 10.0 Å². The third-order valence-corrected chi connectivity index (χ3v) is 4.79. The van der Waals surface area contributed by atoms with E-state index >= 15 is 0 Å². The molecule has 8 nitrogen and oxygen atoms in total. The minimum Gasteiger partial charge on any atom is -0.451 e. The quantitative estimate of drug-likeness (QED) is 0.708. The van der Waals surface area contributed by atoms with Gasteiger partial charge in [-0.1, -0.05) is 26.0 Å². The lowest BCUT2D eigenvalue weighted by atomic mass is 10.2. The number of hydrogen-bond acceptors (Lipinski definition) is 6. The van der Waals surface area contributed by atoms with Gasteiger partial charge in [0.2, 0.25) is 0 Å². The number of carbonyl (C=O) groups is 2. The number of hydrogen-bond donors (Lipinski definition) is 2. The van der Waals surface area contributed by atoms with Crippen LogP contribution in [0, 0.1) is 5.92 Å². The van der Waals surface area contributed by atoms with E-state index in [0.717, 1.165) is 0 Å². The first-order valence-corrected chi connectivity index (χ1v) is 9.33. The molecular weight excluding hydrogens is 346 g/mol. The average molecular weight is 367 g/mol. The van der Waals surface area contributed by atoms with E-state index in [1.54, 1.807) is 18.2 Å². The number of ether oxygens (including phenoxy) is 1. The standard InChI is InChI=1S/C16H21N3O5S/c1-10(2)8-18-16(21)11(3)24-14(20)9-17-15-12-6-4-5-7-13(12)25(22,23)19-15/h4-7,10-11H,8-9H2,1-3H3,(H,17,19)(H,18,21)/t11-/m0/s1. The summed E-state index contributed by atoms with van der Waals surface area (Å²) in [6, 6.07) is 6.34. The number of benzene rings is 1. The predicted octanol–water partition coefficient (Wildman–Crippen LogP) is 0.429. The van der Waals surface area contributed by atoms with Crippen LogP contribution in [0.4, 0.5) is 0 Å². The van der Waals surface area contributed by atoms with Crippen LogP contribution < -0.4 is 10.0 Å². The van der Waals surface area contributed by atoms with E-state index in [1.807, 2.05) is 13.8 Å². The number of carbonyl (C=O) groups excluding carboxylic acids is 2. The number of nitrogens with zero attached hydrogens (tertiary/aromatic N) is 1. The fourth-order valence-electron chi connectivity index (χ4n) is 2.13. The van der Waals surface area contributed by atoms with Crippen molar-refractivity contribution in [2.75, 3.05) is 13.1 Å². The van der Waals surface area contributed by atoms with Crippen molar-refractivity contribution in [3.8, 4) is 0 Å². The largest absolute Gasteiger partial charge is 0.451 e. The zero-order valence-electron chi connectivity index (χ0n) is 14.3. The number of rotatable bonds is 6. The molecule has 1 aliphatic heterocycles. The summed E-state index contributed by atoms with van der Waals surface area (Å²) in [4.78, 5) is 27.7. The van der Waals surface area contributed by atoms with Crippen molar-refractivity contribution in [1.29, 1.82) is 0 Å². The van der Waals surface area contributed by atoms with Crippen molar-refractivity contribution in [3.05, 3.63) is 29.8 Å². The molecule has 1 aromatic rings. The van der Waals surface area contributed by atoms with E-state index in [4.69, 9.17) is 4.74 Å². The highest BCUT2D eigenvalue weighted by molar-refractivity contribution is 7.90.